The smallest absolute Gasteiger partial charge is 0.355 e. The van der Waals surface area contributed by atoms with Crippen molar-refractivity contribution >= 4 is 17.6 Å². The Morgan fingerprint density at radius 2 is 2.11 bits per heavy atom. The Morgan fingerprint density at radius 1 is 1.42 bits per heavy atom. The lowest BCUT2D eigenvalue weighted by molar-refractivity contribution is -0.129. The molecule has 0 radical (unpaired) electrons. The molecule has 106 valence electrons. The number of aromatic nitrogens is 1. The Bertz CT molecular complexity index is 452. The van der Waals surface area contributed by atoms with E-state index in [0.29, 0.717) is 17.9 Å². The van der Waals surface area contributed by atoms with Gasteiger partial charge in [0, 0.05) is 26.8 Å². The third-order valence-electron chi connectivity index (χ3n) is 2.64. The fourth-order valence-corrected chi connectivity index (χ4v) is 1.66. The zero-order chi connectivity index (χ0) is 14.4. The summed E-state index contributed by atoms with van der Waals surface area (Å²) in [5.74, 6) is -0.520. The van der Waals surface area contributed by atoms with Crippen molar-refractivity contribution in [2.45, 2.75) is 26.3 Å². The maximum atomic E-state index is 11.9. The number of nitrogens with two attached hydrogens (primary N) is 1. The molecule has 0 spiro atoms. The number of anilines is 1. The SMILES string of the molecule is CCCn1cc(N)cc1C(=O)OCCC(=O)N(C)C. The van der Waals surface area contributed by atoms with E-state index in [9.17, 15) is 9.59 Å². The molecule has 0 saturated heterocycles. The molecule has 6 heteroatoms. The number of nitrogens with zero attached hydrogens (tertiary/aromatic N) is 2. The first-order valence-electron chi connectivity index (χ1n) is 6.28. The number of esters is 1. The summed E-state index contributed by atoms with van der Waals surface area (Å²) >= 11 is 0. The molecule has 2 N–H and O–H groups in total. The van der Waals surface area contributed by atoms with E-state index in [1.807, 2.05) is 6.92 Å². The van der Waals surface area contributed by atoms with E-state index in [0.717, 1.165) is 6.42 Å². The van der Waals surface area contributed by atoms with Gasteiger partial charge in [0.1, 0.15) is 12.3 Å². The predicted octanol–water partition coefficient (Wildman–Crippen LogP) is 1.12. The fourth-order valence-electron chi connectivity index (χ4n) is 1.66. The first-order valence-corrected chi connectivity index (χ1v) is 6.28. The summed E-state index contributed by atoms with van der Waals surface area (Å²) in [5, 5.41) is 0. The highest BCUT2D eigenvalue weighted by molar-refractivity contribution is 5.89. The van der Waals surface area contributed by atoms with Crippen LogP contribution in [-0.2, 0) is 16.1 Å². The maximum Gasteiger partial charge on any atom is 0.355 e. The molecule has 0 atom stereocenters. The largest absolute Gasteiger partial charge is 0.460 e. The Morgan fingerprint density at radius 3 is 2.68 bits per heavy atom. The van der Waals surface area contributed by atoms with E-state index in [2.05, 4.69) is 0 Å². The highest BCUT2D eigenvalue weighted by Crippen LogP contribution is 2.12. The average Bonchev–Trinajstić information content (AvgIpc) is 2.70. The Kier molecular flexibility index (Phi) is 5.41. The molecule has 0 aliphatic heterocycles. The molecule has 1 rings (SSSR count). The molecule has 0 bridgehead atoms. The van der Waals surface area contributed by atoms with Crippen molar-refractivity contribution in [3.63, 3.8) is 0 Å². The molecule has 1 aromatic heterocycles. The molecule has 0 unspecified atom stereocenters. The molecule has 0 aliphatic rings. The average molecular weight is 267 g/mol. The summed E-state index contributed by atoms with van der Waals surface area (Å²) in [5.41, 5.74) is 6.63. The number of rotatable bonds is 6. The molecule has 0 aromatic carbocycles. The lowest BCUT2D eigenvalue weighted by atomic mass is 10.4. The van der Waals surface area contributed by atoms with Crippen LogP contribution in [0.25, 0.3) is 0 Å². The van der Waals surface area contributed by atoms with Crippen LogP contribution in [0.15, 0.2) is 12.3 Å². The van der Waals surface area contributed by atoms with Crippen LogP contribution < -0.4 is 5.73 Å². The molecule has 0 saturated carbocycles. The van der Waals surface area contributed by atoms with Gasteiger partial charge in [0.15, 0.2) is 0 Å². The third-order valence-corrected chi connectivity index (χ3v) is 2.64. The van der Waals surface area contributed by atoms with Crippen molar-refractivity contribution in [2.24, 2.45) is 0 Å². The second-order valence-electron chi connectivity index (χ2n) is 4.53. The van der Waals surface area contributed by atoms with Gasteiger partial charge in [0.25, 0.3) is 0 Å². The highest BCUT2D eigenvalue weighted by atomic mass is 16.5. The second kappa shape index (κ2) is 6.82. The number of carbonyl (C=O) groups excluding carboxylic acids is 2. The van der Waals surface area contributed by atoms with Crippen LogP contribution in [-0.4, -0.2) is 42.0 Å². The molecule has 0 aliphatic carbocycles. The van der Waals surface area contributed by atoms with Crippen molar-refractivity contribution in [3.05, 3.63) is 18.0 Å². The molecule has 1 aromatic rings. The standard InChI is InChI=1S/C13H21N3O3/c1-4-6-16-9-10(14)8-11(16)13(18)19-7-5-12(17)15(2)3/h8-9H,4-7,14H2,1-3H3. The van der Waals surface area contributed by atoms with Gasteiger partial charge in [-0.2, -0.15) is 0 Å². The van der Waals surface area contributed by atoms with Gasteiger partial charge >= 0.3 is 5.97 Å². The van der Waals surface area contributed by atoms with Crippen molar-refractivity contribution in [1.82, 2.24) is 9.47 Å². The Hall–Kier alpha value is -1.98. The number of amides is 1. The minimum atomic E-state index is -0.447. The minimum absolute atomic E-state index is 0.0729. The minimum Gasteiger partial charge on any atom is -0.460 e. The van der Waals surface area contributed by atoms with Crippen LogP contribution in [0, 0.1) is 0 Å². The number of hydrogen-bond donors (Lipinski definition) is 1. The Labute approximate surface area is 113 Å². The zero-order valence-electron chi connectivity index (χ0n) is 11.7. The zero-order valence-corrected chi connectivity index (χ0v) is 11.7. The van der Waals surface area contributed by atoms with Crippen molar-refractivity contribution in [1.29, 1.82) is 0 Å². The molecule has 19 heavy (non-hydrogen) atoms. The lowest BCUT2D eigenvalue weighted by Gasteiger charge is -2.11. The summed E-state index contributed by atoms with van der Waals surface area (Å²) < 4.78 is 6.86. The number of hydrogen-bond acceptors (Lipinski definition) is 4. The molecule has 0 fully saturated rings. The van der Waals surface area contributed by atoms with Gasteiger partial charge < -0.3 is 19.9 Å². The van der Waals surface area contributed by atoms with Gasteiger partial charge in [-0.15, -0.1) is 0 Å². The summed E-state index contributed by atoms with van der Waals surface area (Å²) in [6, 6.07) is 1.59. The second-order valence-corrected chi connectivity index (χ2v) is 4.53. The van der Waals surface area contributed by atoms with Crippen LogP contribution in [0.4, 0.5) is 5.69 Å². The summed E-state index contributed by atoms with van der Waals surface area (Å²) in [6.45, 7) is 2.80. The maximum absolute atomic E-state index is 11.9. The summed E-state index contributed by atoms with van der Waals surface area (Å²) in [7, 11) is 3.33. The fraction of sp³-hybridized carbons (Fsp3) is 0.538. The quantitative estimate of drug-likeness (QED) is 0.783. The monoisotopic (exact) mass is 267 g/mol. The topological polar surface area (TPSA) is 77.6 Å². The van der Waals surface area contributed by atoms with Crippen LogP contribution in [0.1, 0.15) is 30.3 Å². The number of carbonyl (C=O) groups is 2. The van der Waals surface area contributed by atoms with Gasteiger partial charge in [-0.05, 0) is 12.5 Å². The molecular formula is C13H21N3O3. The van der Waals surface area contributed by atoms with E-state index < -0.39 is 5.97 Å². The van der Waals surface area contributed by atoms with Gasteiger partial charge in [0.05, 0.1) is 12.1 Å². The van der Waals surface area contributed by atoms with E-state index in [4.69, 9.17) is 10.5 Å². The van der Waals surface area contributed by atoms with E-state index >= 15 is 0 Å². The van der Waals surface area contributed by atoms with Gasteiger partial charge in [-0.25, -0.2) is 4.79 Å². The third kappa shape index (κ3) is 4.31. The van der Waals surface area contributed by atoms with Crippen LogP contribution >= 0.6 is 0 Å². The van der Waals surface area contributed by atoms with Gasteiger partial charge in [-0.1, -0.05) is 6.92 Å². The summed E-state index contributed by atoms with van der Waals surface area (Å²) in [4.78, 5) is 24.7. The number of ether oxygens (including phenoxy) is 1. The van der Waals surface area contributed by atoms with E-state index in [-0.39, 0.29) is 18.9 Å². The predicted molar refractivity (Wildman–Crippen MR) is 72.7 cm³/mol. The van der Waals surface area contributed by atoms with E-state index in [1.165, 1.54) is 4.90 Å². The number of nitrogen functional groups attached to an aromatic ring is 1. The molecule has 1 heterocycles. The van der Waals surface area contributed by atoms with Crippen LogP contribution in [0.3, 0.4) is 0 Å². The van der Waals surface area contributed by atoms with E-state index in [1.54, 1.807) is 30.9 Å². The first kappa shape index (κ1) is 15.1. The van der Waals surface area contributed by atoms with Crippen LogP contribution in [0.2, 0.25) is 0 Å². The van der Waals surface area contributed by atoms with Crippen molar-refractivity contribution in [3.8, 4) is 0 Å². The van der Waals surface area contributed by atoms with Crippen LogP contribution in [0.5, 0.6) is 0 Å². The van der Waals surface area contributed by atoms with Gasteiger partial charge in [-0.3, -0.25) is 4.79 Å². The normalized spacial score (nSPS) is 10.3. The number of aryl methyl sites for hydroxylation is 1. The van der Waals surface area contributed by atoms with Crippen molar-refractivity contribution < 1.29 is 14.3 Å². The summed E-state index contributed by atoms with van der Waals surface area (Å²) in [6.07, 6.45) is 2.79. The molecular weight excluding hydrogens is 246 g/mol. The van der Waals surface area contributed by atoms with Gasteiger partial charge in [0.2, 0.25) is 5.91 Å². The highest BCUT2D eigenvalue weighted by Gasteiger charge is 2.14. The lowest BCUT2D eigenvalue weighted by Crippen LogP contribution is -2.23. The van der Waals surface area contributed by atoms with Crippen molar-refractivity contribution in [2.75, 3.05) is 26.4 Å². The Balaban J connectivity index is 2.56. The molecule has 1 amide bonds. The molecule has 6 nitrogen and oxygen atoms in total. The first-order chi connectivity index (χ1) is 8.95.